The number of carbonyl (C=O) groups is 1. The van der Waals surface area contributed by atoms with E-state index in [2.05, 4.69) is 5.32 Å². The van der Waals surface area contributed by atoms with E-state index in [0.29, 0.717) is 13.1 Å². The Morgan fingerprint density at radius 1 is 1.17 bits per heavy atom. The molecule has 5 heteroatoms. The Labute approximate surface area is 105 Å². The predicted molar refractivity (Wildman–Crippen MR) is 64.0 cm³/mol. The van der Waals surface area contributed by atoms with Gasteiger partial charge in [0.15, 0.2) is 0 Å². The molecule has 1 N–H and O–H groups in total. The van der Waals surface area contributed by atoms with Gasteiger partial charge in [0.2, 0.25) is 0 Å². The number of halogens is 2. The first-order chi connectivity index (χ1) is 8.68. The van der Waals surface area contributed by atoms with Crippen LogP contribution in [-0.4, -0.2) is 24.0 Å². The molecule has 2 rings (SSSR count). The molecule has 1 saturated heterocycles. The van der Waals surface area contributed by atoms with E-state index in [-0.39, 0.29) is 18.1 Å². The molecule has 1 fully saturated rings. The monoisotopic (exact) mass is 254 g/mol. The van der Waals surface area contributed by atoms with Gasteiger partial charge in [-0.05, 0) is 31.4 Å². The Balaban J connectivity index is 1.92. The number of likely N-dealkylation sites (tertiary alicyclic amines) is 1. The number of amides is 2. The van der Waals surface area contributed by atoms with Crippen LogP contribution in [0.5, 0.6) is 0 Å². The number of urea groups is 1. The lowest BCUT2D eigenvalue weighted by Crippen LogP contribution is -2.42. The van der Waals surface area contributed by atoms with Crippen molar-refractivity contribution in [1.29, 1.82) is 0 Å². The molecular formula is C13H16F2N2O. The van der Waals surface area contributed by atoms with Crippen LogP contribution in [0, 0.1) is 11.6 Å². The minimum Gasteiger partial charge on any atom is -0.334 e. The molecule has 1 aliphatic heterocycles. The Morgan fingerprint density at radius 2 is 1.78 bits per heavy atom. The van der Waals surface area contributed by atoms with Crippen LogP contribution in [0.15, 0.2) is 18.2 Å². The zero-order valence-electron chi connectivity index (χ0n) is 10.1. The van der Waals surface area contributed by atoms with Gasteiger partial charge >= 0.3 is 6.03 Å². The van der Waals surface area contributed by atoms with E-state index in [0.717, 1.165) is 19.3 Å². The second-order valence-electron chi connectivity index (χ2n) is 4.41. The molecule has 98 valence electrons. The van der Waals surface area contributed by atoms with E-state index in [1.807, 2.05) is 0 Å². The standard InChI is InChI=1S/C13H16F2N2O/c14-11-5-4-6-12(15)10(11)9-16-13(18)17-7-2-1-3-8-17/h4-6H,1-3,7-9H2,(H,16,18). The van der Waals surface area contributed by atoms with E-state index in [1.165, 1.54) is 18.2 Å². The maximum Gasteiger partial charge on any atom is 0.317 e. The van der Waals surface area contributed by atoms with Crippen molar-refractivity contribution in [2.24, 2.45) is 0 Å². The van der Waals surface area contributed by atoms with Crippen LogP contribution in [-0.2, 0) is 6.54 Å². The van der Waals surface area contributed by atoms with Crippen molar-refractivity contribution in [2.45, 2.75) is 25.8 Å². The number of nitrogens with zero attached hydrogens (tertiary/aromatic N) is 1. The molecule has 1 aromatic rings. The van der Waals surface area contributed by atoms with E-state index < -0.39 is 11.6 Å². The van der Waals surface area contributed by atoms with E-state index in [4.69, 9.17) is 0 Å². The summed E-state index contributed by atoms with van der Waals surface area (Å²) in [6.07, 6.45) is 3.11. The molecule has 18 heavy (non-hydrogen) atoms. The van der Waals surface area contributed by atoms with Gasteiger partial charge in [-0.25, -0.2) is 13.6 Å². The minimum absolute atomic E-state index is 0.0946. The number of benzene rings is 1. The fourth-order valence-corrected chi connectivity index (χ4v) is 2.07. The summed E-state index contributed by atoms with van der Waals surface area (Å²) in [6.45, 7) is 1.31. The van der Waals surface area contributed by atoms with Crippen molar-refractivity contribution in [3.8, 4) is 0 Å². The van der Waals surface area contributed by atoms with Crippen LogP contribution >= 0.6 is 0 Å². The molecule has 1 heterocycles. The first-order valence-electron chi connectivity index (χ1n) is 6.14. The molecule has 0 aliphatic carbocycles. The molecule has 1 aliphatic rings. The molecule has 0 atom stereocenters. The Bertz CT molecular complexity index is 411. The maximum atomic E-state index is 13.3. The number of carbonyl (C=O) groups excluding carboxylic acids is 1. The average Bonchev–Trinajstić information content (AvgIpc) is 2.39. The fourth-order valence-electron chi connectivity index (χ4n) is 2.07. The lowest BCUT2D eigenvalue weighted by atomic mass is 10.1. The van der Waals surface area contributed by atoms with Crippen molar-refractivity contribution >= 4 is 6.03 Å². The van der Waals surface area contributed by atoms with E-state index in [1.54, 1.807) is 4.90 Å². The van der Waals surface area contributed by atoms with Gasteiger partial charge in [-0.3, -0.25) is 0 Å². The normalized spacial score (nSPS) is 15.6. The summed E-state index contributed by atoms with van der Waals surface area (Å²) in [7, 11) is 0. The van der Waals surface area contributed by atoms with Crippen molar-refractivity contribution in [3.05, 3.63) is 35.4 Å². The number of hydrogen-bond donors (Lipinski definition) is 1. The molecule has 0 aromatic heterocycles. The minimum atomic E-state index is -0.631. The van der Waals surface area contributed by atoms with Crippen molar-refractivity contribution < 1.29 is 13.6 Å². The Kier molecular flexibility index (Phi) is 4.12. The first-order valence-corrected chi connectivity index (χ1v) is 6.14. The van der Waals surface area contributed by atoms with E-state index in [9.17, 15) is 13.6 Å². The van der Waals surface area contributed by atoms with Crippen LogP contribution in [0.1, 0.15) is 24.8 Å². The number of rotatable bonds is 2. The molecule has 0 saturated carbocycles. The third-order valence-electron chi connectivity index (χ3n) is 3.12. The lowest BCUT2D eigenvalue weighted by molar-refractivity contribution is 0.186. The first kappa shape index (κ1) is 12.8. The molecule has 0 unspecified atom stereocenters. The number of piperidine rings is 1. The molecule has 2 amide bonds. The Morgan fingerprint density at radius 3 is 2.39 bits per heavy atom. The second kappa shape index (κ2) is 5.80. The van der Waals surface area contributed by atoms with Gasteiger partial charge in [0.1, 0.15) is 11.6 Å². The third kappa shape index (κ3) is 2.97. The van der Waals surface area contributed by atoms with Crippen molar-refractivity contribution in [1.82, 2.24) is 10.2 Å². The highest BCUT2D eigenvalue weighted by molar-refractivity contribution is 5.74. The second-order valence-corrected chi connectivity index (χ2v) is 4.41. The highest BCUT2D eigenvalue weighted by atomic mass is 19.1. The zero-order valence-corrected chi connectivity index (χ0v) is 10.1. The smallest absolute Gasteiger partial charge is 0.317 e. The van der Waals surface area contributed by atoms with Gasteiger partial charge < -0.3 is 10.2 Å². The number of nitrogens with one attached hydrogen (secondary N) is 1. The summed E-state index contributed by atoms with van der Waals surface area (Å²) in [5.41, 5.74) is -0.0946. The van der Waals surface area contributed by atoms with Crippen LogP contribution in [0.25, 0.3) is 0 Å². The van der Waals surface area contributed by atoms with Crippen LogP contribution in [0.3, 0.4) is 0 Å². The van der Waals surface area contributed by atoms with Gasteiger partial charge in [-0.2, -0.15) is 0 Å². The summed E-state index contributed by atoms with van der Waals surface area (Å²) < 4.78 is 26.7. The SMILES string of the molecule is O=C(NCc1c(F)cccc1F)N1CCCCC1. The van der Waals surface area contributed by atoms with Gasteiger partial charge in [0, 0.05) is 18.7 Å². The lowest BCUT2D eigenvalue weighted by Gasteiger charge is -2.26. The molecule has 0 radical (unpaired) electrons. The summed E-state index contributed by atoms with van der Waals surface area (Å²) in [4.78, 5) is 13.4. The number of hydrogen-bond acceptors (Lipinski definition) is 1. The van der Waals surface area contributed by atoms with Crippen LogP contribution < -0.4 is 5.32 Å². The highest BCUT2D eigenvalue weighted by Crippen LogP contribution is 2.12. The van der Waals surface area contributed by atoms with E-state index >= 15 is 0 Å². The van der Waals surface area contributed by atoms with Gasteiger partial charge in [-0.1, -0.05) is 6.07 Å². The zero-order chi connectivity index (χ0) is 13.0. The largest absolute Gasteiger partial charge is 0.334 e. The third-order valence-corrected chi connectivity index (χ3v) is 3.12. The quantitative estimate of drug-likeness (QED) is 0.864. The highest BCUT2D eigenvalue weighted by Gasteiger charge is 2.17. The summed E-state index contributed by atoms with van der Waals surface area (Å²) in [6, 6.07) is 3.43. The summed E-state index contributed by atoms with van der Waals surface area (Å²) in [5, 5.41) is 2.56. The van der Waals surface area contributed by atoms with Gasteiger partial charge in [0.25, 0.3) is 0 Å². The molecule has 0 spiro atoms. The molecular weight excluding hydrogens is 238 g/mol. The fraction of sp³-hybridized carbons (Fsp3) is 0.462. The Hall–Kier alpha value is -1.65. The topological polar surface area (TPSA) is 32.3 Å². The summed E-state index contributed by atoms with van der Waals surface area (Å²) in [5.74, 6) is -1.26. The van der Waals surface area contributed by atoms with Crippen LogP contribution in [0.4, 0.5) is 13.6 Å². The summed E-state index contributed by atoms with van der Waals surface area (Å²) >= 11 is 0. The molecule has 0 bridgehead atoms. The molecule has 1 aromatic carbocycles. The van der Waals surface area contributed by atoms with Gasteiger partial charge in [0.05, 0.1) is 6.54 Å². The molecule has 3 nitrogen and oxygen atoms in total. The maximum absolute atomic E-state index is 13.3. The van der Waals surface area contributed by atoms with Crippen LogP contribution in [0.2, 0.25) is 0 Å². The van der Waals surface area contributed by atoms with Gasteiger partial charge in [-0.15, -0.1) is 0 Å². The average molecular weight is 254 g/mol. The predicted octanol–water partition coefficient (Wildman–Crippen LogP) is 2.66. The van der Waals surface area contributed by atoms with Crippen molar-refractivity contribution in [3.63, 3.8) is 0 Å². The van der Waals surface area contributed by atoms with Crippen molar-refractivity contribution in [2.75, 3.05) is 13.1 Å².